The van der Waals surface area contributed by atoms with Crippen LogP contribution in [0.5, 0.6) is 0 Å². The van der Waals surface area contributed by atoms with E-state index in [0.29, 0.717) is 0 Å². The number of hydrogen-bond donors (Lipinski definition) is 2. The van der Waals surface area contributed by atoms with E-state index in [-0.39, 0.29) is 0 Å². The lowest BCUT2D eigenvalue weighted by atomic mass is 10.0. The lowest BCUT2D eigenvalue weighted by molar-refractivity contribution is 1.14. The highest BCUT2D eigenvalue weighted by Crippen LogP contribution is 2.32. The van der Waals surface area contributed by atoms with Crippen LogP contribution in [0.25, 0.3) is 22.3 Å². The molecule has 2 heterocycles. The van der Waals surface area contributed by atoms with Gasteiger partial charge >= 0.3 is 0 Å². The van der Waals surface area contributed by atoms with E-state index in [1.54, 1.807) is 0 Å². The molecule has 0 unspecified atom stereocenters. The summed E-state index contributed by atoms with van der Waals surface area (Å²) in [5.74, 6) is 0.825. The summed E-state index contributed by atoms with van der Waals surface area (Å²) >= 11 is 0. The van der Waals surface area contributed by atoms with Crippen LogP contribution in [0.1, 0.15) is 12.5 Å². The molecule has 0 saturated carbocycles. The Morgan fingerprint density at radius 1 is 1.05 bits per heavy atom. The second-order valence-corrected chi connectivity index (χ2v) is 4.89. The van der Waals surface area contributed by atoms with Crippen molar-refractivity contribution in [1.29, 1.82) is 0 Å². The van der Waals surface area contributed by atoms with E-state index < -0.39 is 0 Å². The fourth-order valence-corrected chi connectivity index (χ4v) is 2.53. The Bertz CT molecular complexity index is 782. The maximum atomic E-state index is 6.36. The van der Waals surface area contributed by atoms with Crippen molar-refractivity contribution in [2.24, 2.45) is 0 Å². The fourth-order valence-electron chi connectivity index (χ4n) is 2.53. The third kappa shape index (κ3) is 2.29. The molecule has 0 fully saturated rings. The SMILES string of the molecule is CCc1c(N)c(-c2ccccc2)nc2ccc(NC)nc12. The summed E-state index contributed by atoms with van der Waals surface area (Å²) in [6.45, 7) is 2.09. The van der Waals surface area contributed by atoms with Gasteiger partial charge in [-0.25, -0.2) is 9.97 Å². The average Bonchev–Trinajstić information content (AvgIpc) is 2.54. The number of pyridine rings is 2. The molecule has 3 aromatic rings. The van der Waals surface area contributed by atoms with Crippen molar-refractivity contribution in [3.05, 3.63) is 48.0 Å². The van der Waals surface area contributed by atoms with Crippen LogP contribution >= 0.6 is 0 Å². The summed E-state index contributed by atoms with van der Waals surface area (Å²) in [5, 5.41) is 3.06. The van der Waals surface area contributed by atoms with Crippen molar-refractivity contribution in [3.8, 4) is 11.3 Å². The van der Waals surface area contributed by atoms with E-state index in [1.165, 1.54) is 0 Å². The molecule has 0 bridgehead atoms. The summed E-state index contributed by atoms with van der Waals surface area (Å²) in [4.78, 5) is 9.32. The van der Waals surface area contributed by atoms with E-state index in [2.05, 4.69) is 17.2 Å². The number of nitrogen functional groups attached to an aromatic ring is 1. The lowest BCUT2D eigenvalue weighted by Gasteiger charge is -2.13. The molecule has 3 rings (SSSR count). The maximum absolute atomic E-state index is 6.36. The van der Waals surface area contributed by atoms with Crippen LogP contribution in [0.15, 0.2) is 42.5 Å². The minimum absolute atomic E-state index is 0.719. The molecule has 0 radical (unpaired) electrons. The van der Waals surface area contributed by atoms with E-state index in [1.807, 2.05) is 49.5 Å². The number of nitrogens with one attached hydrogen (secondary N) is 1. The number of hydrogen-bond acceptors (Lipinski definition) is 4. The van der Waals surface area contributed by atoms with Crippen LogP contribution in [-0.2, 0) is 6.42 Å². The lowest BCUT2D eigenvalue weighted by Crippen LogP contribution is -2.03. The quantitative estimate of drug-likeness (QED) is 0.770. The van der Waals surface area contributed by atoms with Gasteiger partial charge < -0.3 is 11.1 Å². The van der Waals surface area contributed by atoms with E-state index >= 15 is 0 Å². The molecule has 0 aliphatic carbocycles. The van der Waals surface area contributed by atoms with Crippen LogP contribution in [0, 0.1) is 0 Å². The Kier molecular flexibility index (Phi) is 3.44. The zero-order chi connectivity index (χ0) is 14.8. The number of nitrogens with two attached hydrogens (primary N) is 1. The van der Waals surface area contributed by atoms with Gasteiger partial charge in [-0.15, -0.1) is 0 Å². The highest BCUT2D eigenvalue weighted by Gasteiger charge is 2.14. The third-order valence-corrected chi connectivity index (χ3v) is 3.63. The third-order valence-electron chi connectivity index (χ3n) is 3.63. The molecule has 0 amide bonds. The van der Waals surface area contributed by atoms with Crippen molar-refractivity contribution < 1.29 is 0 Å². The Labute approximate surface area is 124 Å². The predicted octanol–water partition coefficient (Wildman–Crippen LogP) is 3.48. The van der Waals surface area contributed by atoms with E-state index in [4.69, 9.17) is 10.7 Å². The fraction of sp³-hybridized carbons (Fsp3) is 0.176. The second kappa shape index (κ2) is 5.40. The van der Waals surface area contributed by atoms with Gasteiger partial charge in [0.05, 0.1) is 22.4 Å². The maximum Gasteiger partial charge on any atom is 0.126 e. The van der Waals surface area contributed by atoms with Crippen LogP contribution in [0.4, 0.5) is 11.5 Å². The highest BCUT2D eigenvalue weighted by atomic mass is 15.0. The molecule has 2 aromatic heterocycles. The standard InChI is InChI=1S/C17H18N4/c1-3-12-15(18)16(11-7-5-4-6-8-11)20-13-9-10-14(19-2)21-17(12)13/h4-10H,3,18H2,1-2H3,(H,19,21). The first-order chi connectivity index (χ1) is 10.2. The number of aromatic nitrogens is 2. The summed E-state index contributed by atoms with van der Waals surface area (Å²) in [5.41, 5.74) is 11.7. The molecular formula is C17H18N4. The summed E-state index contributed by atoms with van der Waals surface area (Å²) < 4.78 is 0. The normalized spacial score (nSPS) is 10.8. The van der Waals surface area contributed by atoms with Crippen LogP contribution in [0.2, 0.25) is 0 Å². The first-order valence-corrected chi connectivity index (χ1v) is 7.07. The molecule has 106 valence electrons. The van der Waals surface area contributed by atoms with Gasteiger partial charge in [0.25, 0.3) is 0 Å². The largest absolute Gasteiger partial charge is 0.397 e. The molecule has 0 atom stereocenters. The van der Waals surface area contributed by atoms with Crippen molar-refractivity contribution >= 4 is 22.5 Å². The molecule has 1 aromatic carbocycles. The zero-order valence-electron chi connectivity index (χ0n) is 12.2. The summed E-state index contributed by atoms with van der Waals surface area (Å²) in [6, 6.07) is 13.9. The average molecular weight is 278 g/mol. The molecule has 0 aliphatic rings. The Balaban J connectivity index is 2.31. The molecule has 4 nitrogen and oxygen atoms in total. The van der Waals surface area contributed by atoms with Gasteiger partial charge in [-0.05, 0) is 18.6 Å². The van der Waals surface area contributed by atoms with Crippen molar-refractivity contribution in [1.82, 2.24) is 9.97 Å². The van der Waals surface area contributed by atoms with E-state index in [9.17, 15) is 0 Å². The predicted molar refractivity (Wildman–Crippen MR) is 88.3 cm³/mol. The van der Waals surface area contributed by atoms with Gasteiger partial charge in [0.15, 0.2) is 0 Å². The molecule has 0 aliphatic heterocycles. The van der Waals surface area contributed by atoms with Gasteiger partial charge in [0.2, 0.25) is 0 Å². The van der Waals surface area contributed by atoms with Crippen LogP contribution in [-0.4, -0.2) is 17.0 Å². The zero-order valence-corrected chi connectivity index (χ0v) is 12.2. The van der Waals surface area contributed by atoms with Crippen molar-refractivity contribution in [2.45, 2.75) is 13.3 Å². The minimum atomic E-state index is 0.719. The Morgan fingerprint density at radius 3 is 2.48 bits per heavy atom. The molecule has 0 saturated heterocycles. The molecule has 0 spiro atoms. The second-order valence-electron chi connectivity index (χ2n) is 4.89. The number of rotatable bonds is 3. The number of anilines is 2. The van der Waals surface area contributed by atoms with E-state index in [0.717, 1.165) is 45.8 Å². The first-order valence-electron chi connectivity index (χ1n) is 7.07. The molecular weight excluding hydrogens is 260 g/mol. The number of benzene rings is 1. The number of nitrogens with zero attached hydrogens (tertiary/aromatic N) is 2. The Morgan fingerprint density at radius 2 is 1.81 bits per heavy atom. The highest BCUT2D eigenvalue weighted by molar-refractivity contribution is 5.90. The van der Waals surface area contributed by atoms with Gasteiger partial charge in [0, 0.05) is 18.2 Å². The molecule has 21 heavy (non-hydrogen) atoms. The number of aryl methyl sites for hydroxylation is 1. The van der Waals surface area contributed by atoms with Gasteiger partial charge in [-0.3, -0.25) is 0 Å². The first kappa shape index (κ1) is 13.4. The monoisotopic (exact) mass is 278 g/mol. The van der Waals surface area contributed by atoms with Gasteiger partial charge in [0.1, 0.15) is 5.82 Å². The molecule has 3 N–H and O–H groups in total. The van der Waals surface area contributed by atoms with Gasteiger partial charge in [-0.1, -0.05) is 37.3 Å². The Hall–Kier alpha value is -2.62. The topological polar surface area (TPSA) is 63.8 Å². The van der Waals surface area contributed by atoms with Gasteiger partial charge in [-0.2, -0.15) is 0 Å². The van der Waals surface area contributed by atoms with Crippen LogP contribution < -0.4 is 11.1 Å². The van der Waals surface area contributed by atoms with Crippen LogP contribution in [0.3, 0.4) is 0 Å². The summed E-state index contributed by atoms with van der Waals surface area (Å²) in [7, 11) is 1.86. The smallest absolute Gasteiger partial charge is 0.126 e. The molecule has 4 heteroatoms. The number of fused-ring (bicyclic) bond motifs is 1. The van der Waals surface area contributed by atoms with Crippen molar-refractivity contribution in [3.63, 3.8) is 0 Å². The minimum Gasteiger partial charge on any atom is -0.397 e. The van der Waals surface area contributed by atoms with Crippen molar-refractivity contribution in [2.75, 3.05) is 18.1 Å². The summed E-state index contributed by atoms with van der Waals surface area (Å²) in [6.07, 6.45) is 0.824.